The quantitative estimate of drug-likeness (QED) is 0.382. The number of hydrogen-bond acceptors (Lipinski definition) is 3. The maximum absolute atomic E-state index is 13.3. The van der Waals surface area contributed by atoms with Crippen LogP contribution in [0, 0.1) is 17.1 Å². The van der Waals surface area contributed by atoms with E-state index in [2.05, 4.69) is 16.3 Å². The average Bonchev–Trinajstić information content (AvgIpc) is 2.71. The summed E-state index contributed by atoms with van der Waals surface area (Å²) in [5.74, 6) is 0.561. The third-order valence-electron chi connectivity index (χ3n) is 4.60. The second kappa shape index (κ2) is 11.1. The van der Waals surface area contributed by atoms with E-state index in [1.54, 1.807) is 18.2 Å². The summed E-state index contributed by atoms with van der Waals surface area (Å²) in [5.41, 5.74) is 2.58. The van der Waals surface area contributed by atoms with Crippen LogP contribution in [0.2, 0.25) is 0 Å². The topological polar surface area (TPSA) is 60.7 Å². The van der Waals surface area contributed by atoms with Gasteiger partial charge in [-0.05, 0) is 49.2 Å². The van der Waals surface area contributed by atoms with Crippen molar-refractivity contribution in [2.75, 3.05) is 19.6 Å². The van der Waals surface area contributed by atoms with Gasteiger partial charge in [0.1, 0.15) is 11.9 Å². The van der Waals surface area contributed by atoms with Crippen LogP contribution < -0.4 is 5.32 Å². The van der Waals surface area contributed by atoms with Crippen molar-refractivity contribution in [3.8, 4) is 6.07 Å². The normalized spacial score (nSPS) is 19.2. The monoisotopic (exact) mass is 508 g/mol. The van der Waals surface area contributed by atoms with Crippen molar-refractivity contribution in [1.82, 2.24) is 10.2 Å². The number of rotatable bonds is 4. The molecule has 2 unspecified atom stereocenters. The molecule has 2 aromatic rings. The van der Waals surface area contributed by atoms with E-state index < -0.39 is 0 Å². The van der Waals surface area contributed by atoms with Gasteiger partial charge in [0.15, 0.2) is 5.96 Å². The summed E-state index contributed by atoms with van der Waals surface area (Å²) in [6, 6.07) is 16.1. The van der Waals surface area contributed by atoms with E-state index in [0.29, 0.717) is 18.7 Å². The highest BCUT2D eigenvalue weighted by molar-refractivity contribution is 14.0. The maximum Gasteiger partial charge on any atom is 0.194 e. The molecule has 29 heavy (non-hydrogen) atoms. The predicted molar refractivity (Wildman–Crippen MR) is 123 cm³/mol. The van der Waals surface area contributed by atoms with Crippen molar-refractivity contribution in [3.05, 3.63) is 71.0 Å². The Hall–Kier alpha value is -2.18. The number of morpholine rings is 1. The van der Waals surface area contributed by atoms with Crippen LogP contribution in [0.4, 0.5) is 4.39 Å². The van der Waals surface area contributed by atoms with Gasteiger partial charge in [-0.2, -0.15) is 5.26 Å². The molecule has 1 aliphatic heterocycles. The van der Waals surface area contributed by atoms with Crippen LogP contribution in [-0.4, -0.2) is 36.6 Å². The fourth-order valence-electron chi connectivity index (χ4n) is 3.32. The zero-order valence-electron chi connectivity index (χ0n) is 16.6. The van der Waals surface area contributed by atoms with Crippen molar-refractivity contribution in [1.29, 1.82) is 5.26 Å². The summed E-state index contributed by atoms with van der Waals surface area (Å²) in [4.78, 5) is 6.95. The fraction of sp³-hybridized carbons (Fsp3) is 0.364. The third-order valence-corrected chi connectivity index (χ3v) is 4.60. The molecule has 0 aliphatic carbocycles. The maximum atomic E-state index is 13.3. The van der Waals surface area contributed by atoms with Crippen LogP contribution in [0.3, 0.4) is 0 Å². The number of nitrogens with one attached hydrogen (secondary N) is 1. The lowest BCUT2D eigenvalue weighted by molar-refractivity contribution is -0.0605. The summed E-state index contributed by atoms with van der Waals surface area (Å²) < 4.78 is 19.3. The Balaban J connectivity index is 0.00000300. The van der Waals surface area contributed by atoms with E-state index in [9.17, 15) is 4.39 Å². The molecule has 1 heterocycles. The van der Waals surface area contributed by atoms with E-state index in [-0.39, 0.29) is 42.0 Å². The Bertz CT molecular complexity index is 866. The minimum Gasteiger partial charge on any atom is -0.367 e. The number of benzene rings is 2. The first-order valence-electron chi connectivity index (χ1n) is 9.52. The number of ether oxygens (including phenoxy) is 1. The highest BCUT2D eigenvalue weighted by atomic mass is 127. The Kier molecular flexibility index (Phi) is 8.86. The van der Waals surface area contributed by atoms with Crippen molar-refractivity contribution >= 4 is 29.9 Å². The first-order valence-corrected chi connectivity index (χ1v) is 9.52. The van der Waals surface area contributed by atoms with Gasteiger partial charge in [-0.15, -0.1) is 24.0 Å². The fourth-order valence-corrected chi connectivity index (χ4v) is 3.32. The van der Waals surface area contributed by atoms with Gasteiger partial charge < -0.3 is 15.0 Å². The Morgan fingerprint density at radius 2 is 2.03 bits per heavy atom. The van der Waals surface area contributed by atoms with E-state index in [1.165, 1.54) is 12.1 Å². The second-order valence-corrected chi connectivity index (χ2v) is 6.87. The smallest absolute Gasteiger partial charge is 0.194 e. The molecule has 1 N–H and O–H groups in total. The standard InChI is InChI=1S/C22H25FN4O.HI/c1-3-25-22(26-13-18-6-4-5-17(11-18)12-24)27-14-16(2)28-21(15-27)19-7-9-20(23)10-8-19;/h4-11,16,21H,3,13-15H2,1-2H3,(H,25,26);1H. The Morgan fingerprint density at radius 1 is 1.28 bits per heavy atom. The molecule has 2 atom stereocenters. The minimum absolute atomic E-state index is 0. The van der Waals surface area contributed by atoms with Gasteiger partial charge in [0.25, 0.3) is 0 Å². The Labute approximate surface area is 188 Å². The number of nitriles is 1. The van der Waals surface area contributed by atoms with Gasteiger partial charge in [-0.1, -0.05) is 24.3 Å². The van der Waals surface area contributed by atoms with Crippen molar-refractivity contribution in [3.63, 3.8) is 0 Å². The number of hydrogen-bond donors (Lipinski definition) is 1. The van der Waals surface area contributed by atoms with Gasteiger partial charge in [-0.3, -0.25) is 0 Å². The van der Waals surface area contributed by atoms with Gasteiger partial charge >= 0.3 is 0 Å². The lowest BCUT2D eigenvalue weighted by Gasteiger charge is -2.38. The molecule has 1 aliphatic rings. The minimum atomic E-state index is -0.251. The molecule has 0 amide bonds. The van der Waals surface area contributed by atoms with Crippen LogP contribution in [-0.2, 0) is 11.3 Å². The zero-order valence-corrected chi connectivity index (χ0v) is 19.0. The summed E-state index contributed by atoms with van der Waals surface area (Å²) in [6.07, 6.45) is -0.121. The van der Waals surface area contributed by atoms with Crippen LogP contribution in [0.1, 0.15) is 36.6 Å². The first-order chi connectivity index (χ1) is 13.6. The summed E-state index contributed by atoms with van der Waals surface area (Å²) in [5, 5.41) is 12.4. The van der Waals surface area contributed by atoms with Gasteiger partial charge in [0.05, 0.1) is 30.8 Å². The molecule has 3 rings (SSSR count). The van der Waals surface area contributed by atoms with E-state index >= 15 is 0 Å². The van der Waals surface area contributed by atoms with Gasteiger partial charge in [0.2, 0.25) is 0 Å². The van der Waals surface area contributed by atoms with Crippen molar-refractivity contribution in [2.24, 2.45) is 4.99 Å². The van der Waals surface area contributed by atoms with E-state index in [0.717, 1.165) is 30.2 Å². The molecule has 1 saturated heterocycles. The van der Waals surface area contributed by atoms with Crippen LogP contribution in [0.25, 0.3) is 0 Å². The summed E-state index contributed by atoms with van der Waals surface area (Å²) in [6.45, 7) is 6.67. The molecule has 0 aromatic heterocycles. The van der Waals surface area contributed by atoms with Gasteiger partial charge in [0, 0.05) is 13.1 Å². The summed E-state index contributed by atoms with van der Waals surface area (Å²) >= 11 is 0. The molecule has 5 nitrogen and oxygen atoms in total. The molecule has 154 valence electrons. The summed E-state index contributed by atoms with van der Waals surface area (Å²) in [7, 11) is 0. The van der Waals surface area contributed by atoms with Crippen molar-refractivity contribution < 1.29 is 9.13 Å². The largest absolute Gasteiger partial charge is 0.367 e. The molecule has 7 heteroatoms. The first kappa shape index (κ1) is 23.1. The highest BCUT2D eigenvalue weighted by Crippen LogP contribution is 2.25. The molecule has 0 spiro atoms. The Morgan fingerprint density at radius 3 is 2.72 bits per heavy atom. The number of guanidine groups is 1. The van der Waals surface area contributed by atoms with Crippen LogP contribution >= 0.6 is 24.0 Å². The molecular weight excluding hydrogens is 482 g/mol. The van der Waals surface area contributed by atoms with E-state index in [4.69, 9.17) is 15.0 Å². The molecule has 2 aromatic carbocycles. The molecular formula is C22H26FIN4O. The van der Waals surface area contributed by atoms with Crippen LogP contribution in [0.5, 0.6) is 0 Å². The molecule has 0 saturated carbocycles. The van der Waals surface area contributed by atoms with E-state index in [1.807, 2.05) is 32.0 Å². The number of nitrogens with zero attached hydrogens (tertiary/aromatic N) is 3. The second-order valence-electron chi connectivity index (χ2n) is 6.87. The highest BCUT2D eigenvalue weighted by Gasteiger charge is 2.28. The molecule has 0 radical (unpaired) electrons. The SMILES string of the molecule is CCNC(=NCc1cccc(C#N)c1)N1CC(C)OC(c2ccc(F)cc2)C1.I. The number of aliphatic imine (C=N–C) groups is 1. The third kappa shape index (κ3) is 6.41. The lowest BCUT2D eigenvalue weighted by atomic mass is 10.1. The lowest BCUT2D eigenvalue weighted by Crippen LogP contribution is -2.50. The predicted octanol–water partition coefficient (Wildman–Crippen LogP) is 4.24. The number of halogens is 2. The molecule has 0 bridgehead atoms. The zero-order chi connectivity index (χ0) is 19.9. The average molecular weight is 508 g/mol. The van der Waals surface area contributed by atoms with Gasteiger partial charge in [-0.25, -0.2) is 9.38 Å². The molecule has 1 fully saturated rings. The van der Waals surface area contributed by atoms with Crippen molar-refractivity contribution in [2.45, 2.75) is 32.6 Å². The van der Waals surface area contributed by atoms with Crippen LogP contribution in [0.15, 0.2) is 53.5 Å².